The van der Waals surface area contributed by atoms with Crippen LogP contribution in [0.25, 0.3) is 0 Å². The molecule has 0 spiro atoms. The molecule has 1 N–H and O–H groups in total. The maximum Gasteiger partial charge on any atom is 0.294 e. The van der Waals surface area contributed by atoms with Crippen LogP contribution < -0.4 is 0 Å². The molecule has 4 bridgehead atoms. The average molecular weight is 265 g/mol. The lowest BCUT2D eigenvalue weighted by Crippen LogP contribution is -2.52. The molecule has 0 aliphatic heterocycles. The van der Waals surface area contributed by atoms with Crippen LogP contribution in [0.2, 0.25) is 0 Å². The number of ether oxygens (including phenoxy) is 1. The summed E-state index contributed by atoms with van der Waals surface area (Å²) in [6, 6.07) is 0. The van der Waals surface area contributed by atoms with Crippen molar-refractivity contribution in [3.63, 3.8) is 0 Å². The van der Waals surface area contributed by atoms with Gasteiger partial charge in [-0.25, -0.2) is 0 Å². The SMILES string of the molecule is CC(C)OC(=NO)C(=O)C12CC3CC(CC(C3)C1)C2. The monoisotopic (exact) mass is 265 g/mol. The van der Waals surface area contributed by atoms with Gasteiger partial charge in [0, 0.05) is 5.41 Å². The van der Waals surface area contributed by atoms with Crippen LogP contribution in [0.1, 0.15) is 52.4 Å². The van der Waals surface area contributed by atoms with Crippen molar-refractivity contribution in [1.82, 2.24) is 0 Å². The highest BCUT2D eigenvalue weighted by molar-refractivity contribution is 6.38. The number of oxime groups is 1. The summed E-state index contributed by atoms with van der Waals surface area (Å²) in [5.74, 6) is 1.98. The Bertz CT molecular complexity index is 378. The molecule has 4 aliphatic rings. The smallest absolute Gasteiger partial charge is 0.294 e. The fourth-order valence-electron chi connectivity index (χ4n) is 4.96. The van der Waals surface area contributed by atoms with Crippen molar-refractivity contribution in [2.24, 2.45) is 28.3 Å². The van der Waals surface area contributed by atoms with E-state index in [4.69, 9.17) is 9.94 Å². The van der Waals surface area contributed by atoms with E-state index in [1.165, 1.54) is 19.3 Å². The maximum atomic E-state index is 12.7. The third-order valence-corrected chi connectivity index (χ3v) is 5.15. The van der Waals surface area contributed by atoms with Gasteiger partial charge in [0.25, 0.3) is 5.90 Å². The van der Waals surface area contributed by atoms with E-state index in [1.807, 2.05) is 13.8 Å². The zero-order chi connectivity index (χ0) is 13.6. The molecule has 0 amide bonds. The zero-order valence-corrected chi connectivity index (χ0v) is 11.8. The van der Waals surface area contributed by atoms with Crippen molar-refractivity contribution < 1.29 is 14.7 Å². The van der Waals surface area contributed by atoms with E-state index in [0.29, 0.717) is 17.8 Å². The third-order valence-electron chi connectivity index (χ3n) is 5.15. The summed E-state index contributed by atoms with van der Waals surface area (Å²) >= 11 is 0. The van der Waals surface area contributed by atoms with Gasteiger partial charge < -0.3 is 9.94 Å². The van der Waals surface area contributed by atoms with Gasteiger partial charge in [0.05, 0.1) is 6.10 Å². The molecule has 19 heavy (non-hydrogen) atoms. The molecule has 0 saturated heterocycles. The first-order valence-electron chi connectivity index (χ1n) is 7.46. The van der Waals surface area contributed by atoms with Crippen molar-refractivity contribution >= 4 is 11.7 Å². The quantitative estimate of drug-likeness (QED) is 0.369. The Labute approximate surface area is 114 Å². The van der Waals surface area contributed by atoms with Gasteiger partial charge in [0.15, 0.2) is 0 Å². The Morgan fingerprint density at radius 3 is 2.00 bits per heavy atom. The van der Waals surface area contributed by atoms with Gasteiger partial charge in [-0.3, -0.25) is 4.79 Å². The highest BCUT2D eigenvalue weighted by Crippen LogP contribution is 2.60. The molecule has 4 fully saturated rings. The molecule has 4 heteroatoms. The van der Waals surface area contributed by atoms with Crippen LogP contribution in [0.15, 0.2) is 5.16 Å². The third kappa shape index (κ3) is 2.15. The van der Waals surface area contributed by atoms with Crippen molar-refractivity contribution in [3.8, 4) is 0 Å². The van der Waals surface area contributed by atoms with E-state index < -0.39 is 0 Å². The lowest BCUT2D eigenvalue weighted by Gasteiger charge is -2.55. The molecule has 4 aliphatic carbocycles. The fraction of sp³-hybridized carbons (Fsp3) is 0.867. The predicted molar refractivity (Wildman–Crippen MR) is 71.1 cm³/mol. The van der Waals surface area contributed by atoms with E-state index in [-0.39, 0.29) is 23.2 Å². The molecule has 106 valence electrons. The molecule has 0 heterocycles. The fourth-order valence-corrected chi connectivity index (χ4v) is 4.96. The van der Waals surface area contributed by atoms with Crippen LogP contribution in [0.4, 0.5) is 0 Å². The van der Waals surface area contributed by atoms with Crippen LogP contribution in [0, 0.1) is 23.2 Å². The first kappa shape index (κ1) is 12.9. The van der Waals surface area contributed by atoms with E-state index in [2.05, 4.69) is 5.16 Å². The van der Waals surface area contributed by atoms with Gasteiger partial charge >= 0.3 is 0 Å². The minimum atomic E-state index is -0.287. The number of carbonyl (C=O) groups is 1. The lowest BCUT2D eigenvalue weighted by molar-refractivity contribution is -0.138. The molecule has 0 atom stereocenters. The number of ketones is 1. The number of Topliss-reactive ketones (excluding diaryl/α,β-unsaturated/α-hetero) is 1. The second-order valence-electron chi connectivity index (χ2n) is 7.10. The number of nitrogens with zero attached hydrogens (tertiary/aromatic N) is 1. The largest absolute Gasteiger partial charge is 0.470 e. The van der Waals surface area contributed by atoms with Gasteiger partial charge in [0.2, 0.25) is 5.78 Å². The molecule has 0 aromatic rings. The van der Waals surface area contributed by atoms with E-state index in [0.717, 1.165) is 19.3 Å². The van der Waals surface area contributed by atoms with Gasteiger partial charge in [0.1, 0.15) is 0 Å². The Morgan fingerprint density at radius 2 is 1.63 bits per heavy atom. The molecule has 0 unspecified atom stereocenters. The van der Waals surface area contributed by atoms with Crippen LogP contribution in [0.3, 0.4) is 0 Å². The predicted octanol–water partition coefficient (Wildman–Crippen LogP) is 2.98. The summed E-state index contributed by atoms with van der Waals surface area (Å²) in [6.45, 7) is 3.69. The number of carbonyl (C=O) groups excluding carboxylic acids is 1. The Kier molecular flexibility index (Phi) is 3.06. The topological polar surface area (TPSA) is 58.9 Å². The van der Waals surface area contributed by atoms with Gasteiger partial charge in [-0.15, -0.1) is 0 Å². The van der Waals surface area contributed by atoms with Crippen LogP contribution in [-0.4, -0.2) is 23.0 Å². The van der Waals surface area contributed by atoms with Gasteiger partial charge in [-0.1, -0.05) is 0 Å². The Hall–Kier alpha value is -1.06. The maximum absolute atomic E-state index is 12.7. The van der Waals surface area contributed by atoms with Crippen molar-refractivity contribution in [2.45, 2.75) is 58.5 Å². The lowest BCUT2D eigenvalue weighted by atomic mass is 9.48. The average Bonchev–Trinajstić information content (AvgIpc) is 2.33. The summed E-state index contributed by atoms with van der Waals surface area (Å²) < 4.78 is 5.40. The standard InChI is InChI=1S/C15H23NO3/c1-9(2)19-14(16-18)13(17)15-6-10-3-11(7-15)5-12(4-10)8-15/h9-12,18H,3-8H2,1-2H3. The highest BCUT2D eigenvalue weighted by Gasteiger charge is 2.55. The van der Waals surface area contributed by atoms with Crippen molar-refractivity contribution in [1.29, 1.82) is 0 Å². The second-order valence-corrected chi connectivity index (χ2v) is 7.10. The molecular weight excluding hydrogens is 242 g/mol. The normalized spacial score (nSPS) is 40.8. The highest BCUT2D eigenvalue weighted by atomic mass is 16.5. The first-order chi connectivity index (χ1) is 9.02. The summed E-state index contributed by atoms with van der Waals surface area (Å²) in [6.07, 6.45) is 6.66. The molecule has 0 aromatic heterocycles. The Balaban J connectivity index is 1.83. The van der Waals surface area contributed by atoms with Gasteiger partial charge in [-0.2, -0.15) is 0 Å². The number of hydrogen-bond donors (Lipinski definition) is 1. The van der Waals surface area contributed by atoms with Crippen molar-refractivity contribution in [2.75, 3.05) is 0 Å². The molecule has 0 radical (unpaired) electrons. The first-order valence-corrected chi connectivity index (χ1v) is 7.46. The van der Waals surface area contributed by atoms with E-state index in [9.17, 15) is 4.79 Å². The molecular formula is C15H23NO3. The summed E-state index contributed by atoms with van der Waals surface area (Å²) in [5, 5.41) is 12.2. The van der Waals surface area contributed by atoms with Crippen LogP contribution in [0.5, 0.6) is 0 Å². The Morgan fingerprint density at radius 1 is 1.16 bits per heavy atom. The minimum Gasteiger partial charge on any atom is -0.470 e. The molecule has 4 saturated carbocycles. The number of rotatable bonds is 3. The summed E-state index contributed by atoms with van der Waals surface area (Å²) in [5.41, 5.74) is -0.287. The summed E-state index contributed by atoms with van der Waals surface area (Å²) in [7, 11) is 0. The summed E-state index contributed by atoms with van der Waals surface area (Å²) in [4.78, 5) is 12.7. The molecule has 4 rings (SSSR count). The van der Waals surface area contributed by atoms with E-state index in [1.54, 1.807) is 0 Å². The minimum absolute atomic E-state index is 0.0530. The van der Waals surface area contributed by atoms with Crippen LogP contribution in [-0.2, 0) is 9.53 Å². The van der Waals surface area contributed by atoms with Crippen molar-refractivity contribution in [3.05, 3.63) is 0 Å². The zero-order valence-electron chi connectivity index (χ0n) is 11.8. The number of hydrogen-bond acceptors (Lipinski definition) is 4. The van der Waals surface area contributed by atoms with Crippen LogP contribution >= 0.6 is 0 Å². The van der Waals surface area contributed by atoms with E-state index >= 15 is 0 Å². The second kappa shape index (κ2) is 4.50. The molecule has 4 nitrogen and oxygen atoms in total. The van der Waals surface area contributed by atoms with Gasteiger partial charge in [-0.05, 0) is 75.3 Å². The molecule has 0 aromatic carbocycles.